The van der Waals surface area contributed by atoms with E-state index in [4.69, 9.17) is 12.2 Å². The van der Waals surface area contributed by atoms with Crippen molar-refractivity contribution in [1.29, 1.82) is 0 Å². The molecule has 0 bridgehead atoms. The predicted molar refractivity (Wildman–Crippen MR) is 109 cm³/mol. The second-order valence-corrected chi connectivity index (χ2v) is 7.55. The lowest BCUT2D eigenvalue weighted by Gasteiger charge is -2.05. The topological polar surface area (TPSA) is 54.6 Å². The fraction of sp³-hybridized carbons (Fsp3) is 0.0500. The number of Topliss-reactive ketones (excluding diaryl/α,β-unsaturated/α-hetero) is 1. The first kappa shape index (κ1) is 16.6. The molecule has 3 aromatic rings. The lowest BCUT2D eigenvalue weighted by Crippen LogP contribution is -1.96. The van der Waals surface area contributed by atoms with E-state index in [2.05, 4.69) is 4.99 Å². The largest absolute Gasteiger partial charge is 0.493 e. The molecule has 1 N–H and O–H groups in total. The van der Waals surface area contributed by atoms with E-state index in [0.29, 0.717) is 14.4 Å². The first-order valence-electron chi connectivity index (χ1n) is 7.96. The molecule has 0 saturated heterocycles. The van der Waals surface area contributed by atoms with Gasteiger partial charge in [0.1, 0.15) is 0 Å². The van der Waals surface area contributed by atoms with E-state index in [1.54, 1.807) is 35.0 Å². The first-order valence-corrected chi connectivity index (χ1v) is 9.18. The van der Waals surface area contributed by atoms with E-state index in [1.807, 2.05) is 30.3 Å². The normalized spacial score (nSPS) is 14.0. The molecular weight excluding hydrogens is 364 g/mol. The number of hydrogen-bond donors (Lipinski definition) is 1. The molecule has 0 atom stereocenters. The second-order valence-electron chi connectivity index (χ2n) is 5.87. The van der Waals surface area contributed by atoms with Gasteiger partial charge < -0.3 is 5.11 Å². The highest BCUT2D eigenvalue weighted by molar-refractivity contribution is 7.73. The third kappa shape index (κ3) is 2.83. The summed E-state index contributed by atoms with van der Waals surface area (Å²) in [4.78, 5) is 16.5. The number of aromatic hydroxyl groups is 1. The maximum absolute atomic E-state index is 11.4. The number of hydrogen-bond acceptors (Lipinski definition) is 5. The van der Waals surface area contributed by atoms with E-state index in [9.17, 15) is 9.90 Å². The fourth-order valence-corrected chi connectivity index (χ4v) is 4.15. The Morgan fingerprint density at radius 1 is 1.19 bits per heavy atom. The van der Waals surface area contributed by atoms with Crippen LogP contribution >= 0.6 is 23.6 Å². The van der Waals surface area contributed by atoms with Crippen molar-refractivity contribution in [2.24, 2.45) is 4.99 Å². The molecule has 4 rings (SSSR count). The Labute approximate surface area is 159 Å². The number of para-hydroxylation sites is 1. The molecule has 0 fully saturated rings. The van der Waals surface area contributed by atoms with E-state index in [-0.39, 0.29) is 11.7 Å². The molecule has 2 aromatic carbocycles. The Hall–Kier alpha value is -2.83. The van der Waals surface area contributed by atoms with Gasteiger partial charge in [-0.05, 0) is 55.5 Å². The summed E-state index contributed by atoms with van der Waals surface area (Å²) in [7, 11) is 0. The van der Waals surface area contributed by atoms with Gasteiger partial charge in [-0.25, -0.2) is 0 Å². The molecule has 0 amide bonds. The molecule has 6 heteroatoms. The van der Waals surface area contributed by atoms with Crippen LogP contribution in [0.5, 0.6) is 5.88 Å². The maximum atomic E-state index is 11.4. The van der Waals surface area contributed by atoms with Crippen LogP contribution in [0.1, 0.15) is 27.7 Å². The average Bonchev–Trinajstić information content (AvgIpc) is 3.16. The third-order valence-electron chi connectivity index (χ3n) is 4.19. The van der Waals surface area contributed by atoms with Crippen LogP contribution in [0.25, 0.3) is 17.3 Å². The molecule has 0 saturated carbocycles. The number of nitrogens with zero attached hydrogens (tertiary/aromatic N) is 2. The Kier molecular flexibility index (Phi) is 4.14. The Morgan fingerprint density at radius 3 is 2.65 bits per heavy atom. The number of fused-ring (bicyclic) bond motifs is 1. The van der Waals surface area contributed by atoms with Crippen molar-refractivity contribution in [3.8, 4) is 11.6 Å². The predicted octanol–water partition coefficient (Wildman–Crippen LogP) is 5.43. The average molecular weight is 378 g/mol. The fourth-order valence-electron chi connectivity index (χ4n) is 2.84. The van der Waals surface area contributed by atoms with Crippen LogP contribution in [0.3, 0.4) is 0 Å². The minimum absolute atomic E-state index is 0.000652. The summed E-state index contributed by atoms with van der Waals surface area (Å²) in [5.74, 6) is 0.0835. The Balaban J connectivity index is 1.77. The number of ketones is 1. The van der Waals surface area contributed by atoms with Crippen LogP contribution in [0.15, 0.2) is 53.5 Å². The number of carbonyl (C=O) groups is 1. The van der Waals surface area contributed by atoms with Gasteiger partial charge in [-0.1, -0.05) is 18.2 Å². The van der Waals surface area contributed by atoms with Crippen molar-refractivity contribution in [3.05, 3.63) is 68.5 Å². The highest BCUT2D eigenvalue weighted by Gasteiger charge is 2.16. The molecule has 0 radical (unpaired) electrons. The minimum Gasteiger partial charge on any atom is -0.493 e. The van der Waals surface area contributed by atoms with Crippen LogP contribution < -0.4 is 0 Å². The number of aromatic nitrogens is 1. The van der Waals surface area contributed by atoms with Gasteiger partial charge in [0.25, 0.3) is 0 Å². The molecule has 0 unspecified atom stereocenters. The van der Waals surface area contributed by atoms with Crippen molar-refractivity contribution >= 4 is 52.9 Å². The zero-order chi connectivity index (χ0) is 18.3. The van der Waals surface area contributed by atoms with Crippen LogP contribution in [-0.4, -0.2) is 21.7 Å². The highest BCUT2D eigenvalue weighted by Crippen LogP contribution is 2.36. The van der Waals surface area contributed by atoms with Gasteiger partial charge in [-0.15, -0.1) is 11.3 Å². The Bertz CT molecular complexity index is 1140. The molecular formula is C20H14N2O2S2. The maximum Gasteiger partial charge on any atom is 0.215 e. The molecule has 26 heavy (non-hydrogen) atoms. The van der Waals surface area contributed by atoms with E-state index < -0.39 is 0 Å². The smallest absolute Gasteiger partial charge is 0.215 e. The molecule has 2 heterocycles. The minimum atomic E-state index is -0.000652. The second kappa shape index (κ2) is 6.48. The Morgan fingerprint density at radius 2 is 1.92 bits per heavy atom. The van der Waals surface area contributed by atoms with Crippen LogP contribution in [0.4, 0.5) is 5.69 Å². The lowest BCUT2D eigenvalue weighted by molar-refractivity contribution is 0.101. The van der Waals surface area contributed by atoms with Crippen molar-refractivity contribution in [2.75, 3.05) is 0 Å². The van der Waals surface area contributed by atoms with Gasteiger partial charge in [-0.3, -0.25) is 14.4 Å². The number of allylic oxidation sites excluding steroid dienone is 1. The monoisotopic (exact) mass is 378 g/mol. The molecule has 1 aliphatic heterocycles. The number of rotatable bonds is 3. The molecule has 1 aromatic heterocycles. The molecule has 4 nitrogen and oxygen atoms in total. The van der Waals surface area contributed by atoms with E-state index in [1.165, 1.54) is 18.3 Å². The third-order valence-corrected chi connectivity index (χ3v) is 5.50. The lowest BCUT2D eigenvalue weighted by atomic mass is 10.1. The standard InChI is InChI=1S/C20H14N2O2S2/c1-12(23)13-6-8-15(9-7-13)22-19(24)18(26-20(22)25)10-14-11-21-17-5-3-2-4-16(14)17/h2-11,24H,1H3. The summed E-state index contributed by atoms with van der Waals surface area (Å²) in [6, 6.07) is 14.9. The summed E-state index contributed by atoms with van der Waals surface area (Å²) >= 11 is 6.77. The van der Waals surface area contributed by atoms with Gasteiger partial charge in [0.2, 0.25) is 5.88 Å². The summed E-state index contributed by atoms with van der Waals surface area (Å²) in [6.45, 7) is 1.52. The molecule has 1 aliphatic rings. The van der Waals surface area contributed by atoms with Crippen molar-refractivity contribution in [3.63, 3.8) is 0 Å². The summed E-state index contributed by atoms with van der Waals surface area (Å²) in [6.07, 6.45) is 3.68. The number of benzene rings is 2. The van der Waals surface area contributed by atoms with Gasteiger partial charge in [-0.2, -0.15) is 0 Å². The highest BCUT2D eigenvalue weighted by atomic mass is 32.1. The summed E-state index contributed by atoms with van der Waals surface area (Å²) in [5.41, 5.74) is 4.23. The van der Waals surface area contributed by atoms with Crippen LogP contribution in [-0.2, 0) is 0 Å². The quantitative estimate of drug-likeness (QED) is 0.488. The van der Waals surface area contributed by atoms with Gasteiger partial charge in [0, 0.05) is 22.9 Å². The van der Waals surface area contributed by atoms with Crippen molar-refractivity contribution in [2.45, 2.75) is 6.92 Å². The summed E-state index contributed by atoms with van der Waals surface area (Å²) in [5, 5.41) is 10.7. The van der Waals surface area contributed by atoms with Gasteiger partial charge in [0.05, 0.1) is 16.3 Å². The van der Waals surface area contributed by atoms with Crippen LogP contribution in [0, 0.1) is 3.95 Å². The zero-order valence-corrected chi connectivity index (χ0v) is 15.5. The van der Waals surface area contributed by atoms with Crippen molar-refractivity contribution < 1.29 is 9.90 Å². The SMILES string of the molecule is CC(=O)c1ccc(-n2c(O)c(C=C3C=Nc4ccccc43)sc2=S)cc1. The summed E-state index contributed by atoms with van der Waals surface area (Å²) < 4.78 is 2.14. The number of thiazole rings is 1. The molecule has 0 aliphatic carbocycles. The number of aliphatic imine (C=N–C) groups is 1. The number of carbonyl (C=O) groups excluding carboxylic acids is 1. The van der Waals surface area contributed by atoms with E-state index >= 15 is 0 Å². The van der Waals surface area contributed by atoms with Crippen molar-refractivity contribution in [1.82, 2.24) is 4.57 Å². The van der Waals surface area contributed by atoms with E-state index in [0.717, 1.165) is 22.5 Å². The molecule has 0 spiro atoms. The van der Waals surface area contributed by atoms with Gasteiger partial charge >= 0.3 is 0 Å². The molecule has 128 valence electrons. The first-order chi connectivity index (χ1) is 12.5. The zero-order valence-electron chi connectivity index (χ0n) is 13.8. The van der Waals surface area contributed by atoms with Gasteiger partial charge in [0.15, 0.2) is 9.74 Å². The van der Waals surface area contributed by atoms with Crippen LogP contribution in [0.2, 0.25) is 0 Å².